The molecule has 0 radical (unpaired) electrons. The summed E-state index contributed by atoms with van der Waals surface area (Å²) < 4.78 is 16.9. The van der Waals surface area contributed by atoms with E-state index in [4.69, 9.17) is 14.2 Å². The lowest BCUT2D eigenvalue weighted by molar-refractivity contribution is -0.374. The Morgan fingerprint density at radius 3 is 1.31 bits per heavy atom. The Labute approximate surface area is 205 Å². The predicted octanol–water partition coefficient (Wildman–Crippen LogP) is -3.88. The summed E-state index contributed by atoms with van der Waals surface area (Å²) in [4.78, 5) is 0. The number of ether oxygens (including phenoxy) is 3. The highest BCUT2D eigenvalue weighted by Crippen LogP contribution is 2.29. The van der Waals surface area contributed by atoms with Gasteiger partial charge in [0.05, 0.1) is 25.4 Å². The number of aliphatic hydroxyl groups excluding tert-OH is 8. The van der Waals surface area contributed by atoms with Crippen LogP contribution in [-0.4, -0.2) is 141 Å². The molecule has 2 rings (SSSR count). The fourth-order valence-corrected chi connectivity index (χ4v) is 4.20. The minimum Gasteiger partial charge on any atom is -0.395 e. The van der Waals surface area contributed by atoms with Crippen LogP contribution in [0.15, 0.2) is 0 Å². The third-order valence-electron chi connectivity index (χ3n) is 6.76. The molecular formula is C22H44N2O11. The number of hydrogen-bond donors (Lipinski definition) is 10. The topological polar surface area (TPSA) is 214 Å². The number of nitrogens with one attached hydrogen (secondary N) is 2. The Bertz CT molecular complexity index is 536. The molecule has 208 valence electrons. The largest absolute Gasteiger partial charge is 0.395 e. The van der Waals surface area contributed by atoms with Gasteiger partial charge in [0, 0.05) is 12.1 Å². The van der Waals surface area contributed by atoms with E-state index in [1.54, 1.807) is 0 Å². The average molecular weight is 513 g/mol. The van der Waals surface area contributed by atoms with Gasteiger partial charge in [-0.1, -0.05) is 13.8 Å². The van der Waals surface area contributed by atoms with Gasteiger partial charge in [-0.25, -0.2) is 0 Å². The lowest BCUT2D eigenvalue weighted by Gasteiger charge is -2.45. The molecule has 13 heteroatoms. The summed E-state index contributed by atoms with van der Waals surface area (Å²) in [7, 11) is 0. The van der Waals surface area contributed by atoms with E-state index >= 15 is 0 Å². The molecule has 2 aliphatic heterocycles. The van der Waals surface area contributed by atoms with Crippen molar-refractivity contribution in [2.45, 2.75) is 113 Å². The van der Waals surface area contributed by atoms with E-state index in [0.29, 0.717) is 25.9 Å². The third kappa shape index (κ3) is 8.23. The maximum absolute atomic E-state index is 10.4. The van der Waals surface area contributed by atoms with E-state index in [9.17, 15) is 40.9 Å². The zero-order valence-corrected chi connectivity index (χ0v) is 20.4. The second-order valence-corrected chi connectivity index (χ2v) is 9.23. The molecule has 0 aromatic heterocycles. The number of hydrogen-bond acceptors (Lipinski definition) is 13. The lowest BCUT2D eigenvalue weighted by atomic mass is 9.95. The van der Waals surface area contributed by atoms with Gasteiger partial charge in [0.1, 0.15) is 36.6 Å². The number of aliphatic hydroxyl groups is 8. The summed E-state index contributed by atoms with van der Waals surface area (Å²) in [6.45, 7) is 4.40. The summed E-state index contributed by atoms with van der Waals surface area (Å²) >= 11 is 0. The summed E-state index contributed by atoms with van der Waals surface area (Å²) in [5, 5.41) is 86.8. The Hall–Kier alpha value is -0.520. The molecule has 0 aromatic carbocycles. The standard InChI is InChI=1S/C22H44N2O11/c1-3-11(9-25)23-7-5-13-15(27)17(29)19(31)21(33-13)35-22-20(32)18(30)16(28)14(34-22)6-8-24-12(4-2)10-26/h11-32H,3-10H2,1-2H3/t11?,12?,13-,14-,15-,16-,17+,18+,19-,20-,21-,22-/m1/s1. The molecule has 0 saturated carbocycles. The first-order valence-corrected chi connectivity index (χ1v) is 12.4. The molecular weight excluding hydrogens is 468 g/mol. The van der Waals surface area contributed by atoms with E-state index in [0.717, 1.165) is 0 Å². The van der Waals surface area contributed by atoms with Gasteiger partial charge in [0.15, 0.2) is 12.6 Å². The molecule has 35 heavy (non-hydrogen) atoms. The van der Waals surface area contributed by atoms with Crippen LogP contribution in [0.4, 0.5) is 0 Å². The second kappa shape index (κ2) is 15.0. The number of rotatable bonds is 14. The van der Waals surface area contributed by atoms with Crippen molar-refractivity contribution in [1.82, 2.24) is 10.6 Å². The Morgan fingerprint density at radius 1 is 0.629 bits per heavy atom. The molecule has 0 bridgehead atoms. The Balaban J connectivity index is 1.99. The smallest absolute Gasteiger partial charge is 0.189 e. The van der Waals surface area contributed by atoms with Crippen molar-refractivity contribution >= 4 is 0 Å². The monoisotopic (exact) mass is 512 g/mol. The fourth-order valence-electron chi connectivity index (χ4n) is 4.20. The average Bonchev–Trinajstić information content (AvgIpc) is 2.86. The SMILES string of the molecule is CCC(CO)NCC[C@H]1O[C@H](O[C@H]2O[C@H](CCNC(CC)CO)[C@@H](O)[C@H](O)[C@H]2O)[C@H](O)[C@@H](O)[C@@H]1O. The van der Waals surface area contributed by atoms with Crippen LogP contribution in [0.2, 0.25) is 0 Å². The normalized spacial score (nSPS) is 39.9. The molecule has 2 heterocycles. The lowest BCUT2D eigenvalue weighted by Crippen LogP contribution is -2.63. The quantitative estimate of drug-likeness (QED) is 0.108. The van der Waals surface area contributed by atoms with E-state index in [2.05, 4.69) is 10.6 Å². The van der Waals surface area contributed by atoms with Crippen LogP contribution in [-0.2, 0) is 14.2 Å². The zero-order chi connectivity index (χ0) is 26.1. The first kappa shape index (κ1) is 30.7. The van der Waals surface area contributed by atoms with Crippen molar-refractivity contribution in [3.8, 4) is 0 Å². The van der Waals surface area contributed by atoms with E-state index in [1.807, 2.05) is 13.8 Å². The molecule has 10 N–H and O–H groups in total. The van der Waals surface area contributed by atoms with Crippen LogP contribution in [0.1, 0.15) is 39.5 Å². The van der Waals surface area contributed by atoms with E-state index in [-0.39, 0.29) is 38.1 Å². The van der Waals surface area contributed by atoms with Crippen LogP contribution in [0, 0.1) is 0 Å². The molecule has 13 nitrogen and oxygen atoms in total. The first-order chi connectivity index (χ1) is 16.7. The van der Waals surface area contributed by atoms with E-state index in [1.165, 1.54) is 0 Å². The first-order valence-electron chi connectivity index (χ1n) is 12.4. The summed E-state index contributed by atoms with van der Waals surface area (Å²) in [6.07, 6.45) is -12.3. The van der Waals surface area contributed by atoms with Crippen molar-refractivity contribution in [3.63, 3.8) is 0 Å². The van der Waals surface area contributed by atoms with Gasteiger partial charge < -0.3 is 65.7 Å². The van der Waals surface area contributed by atoms with Crippen LogP contribution in [0.3, 0.4) is 0 Å². The summed E-state index contributed by atoms with van der Waals surface area (Å²) in [6, 6.07) is -0.262. The molecule has 0 amide bonds. The molecule has 2 aliphatic rings. The minimum atomic E-state index is -1.66. The van der Waals surface area contributed by atoms with Crippen molar-refractivity contribution in [1.29, 1.82) is 0 Å². The molecule has 0 aliphatic carbocycles. The van der Waals surface area contributed by atoms with E-state index < -0.39 is 61.4 Å². The van der Waals surface area contributed by atoms with Crippen LogP contribution < -0.4 is 10.6 Å². The zero-order valence-electron chi connectivity index (χ0n) is 20.4. The molecule has 0 spiro atoms. The van der Waals surface area contributed by atoms with Gasteiger partial charge in [-0.3, -0.25) is 0 Å². The third-order valence-corrected chi connectivity index (χ3v) is 6.76. The van der Waals surface area contributed by atoms with Crippen molar-refractivity contribution in [2.24, 2.45) is 0 Å². The Kier molecular flexibility index (Phi) is 13.2. The predicted molar refractivity (Wildman–Crippen MR) is 122 cm³/mol. The molecule has 0 aromatic rings. The maximum Gasteiger partial charge on any atom is 0.189 e. The molecule has 2 fully saturated rings. The van der Waals surface area contributed by atoms with Gasteiger partial charge >= 0.3 is 0 Å². The summed E-state index contributed by atoms with van der Waals surface area (Å²) in [5.74, 6) is 0. The van der Waals surface area contributed by atoms with Gasteiger partial charge in [-0.05, 0) is 38.8 Å². The highest BCUT2D eigenvalue weighted by molar-refractivity contribution is 4.93. The van der Waals surface area contributed by atoms with Crippen LogP contribution >= 0.6 is 0 Å². The fraction of sp³-hybridized carbons (Fsp3) is 1.00. The van der Waals surface area contributed by atoms with Gasteiger partial charge in [-0.15, -0.1) is 0 Å². The van der Waals surface area contributed by atoms with Gasteiger partial charge in [-0.2, -0.15) is 0 Å². The second-order valence-electron chi connectivity index (χ2n) is 9.23. The van der Waals surface area contributed by atoms with Crippen molar-refractivity contribution in [2.75, 3.05) is 26.3 Å². The van der Waals surface area contributed by atoms with Gasteiger partial charge in [0.25, 0.3) is 0 Å². The Morgan fingerprint density at radius 2 is 1.00 bits per heavy atom. The minimum absolute atomic E-state index is 0.0570. The molecule has 12 atom stereocenters. The molecule has 2 unspecified atom stereocenters. The maximum atomic E-state index is 10.4. The van der Waals surface area contributed by atoms with Crippen molar-refractivity contribution < 1.29 is 55.1 Å². The van der Waals surface area contributed by atoms with Crippen LogP contribution in [0.5, 0.6) is 0 Å². The summed E-state index contributed by atoms with van der Waals surface area (Å²) in [5.41, 5.74) is 0. The molecule has 2 saturated heterocycles. The van der Waals surface area contributed by atoms with Crippen molar-refractivity contribution in [3.05, 3.63) is 0 Å². The highest BCUT2D eigenvalue weighted by atomic mass is 16.8. The highest BCUT2D eigenvalue weighted by Gasteiger charge is 2.49. The van der Waals surface area contributed by atoms with Crippen LogP contribution in [0.25, 0.3) is 0 Å². The van der Waals surface area contributed by atoms with Gasteiger partial charge in [0.2, 0.25) is 0 Å².